The van der Waals surface area contributed by atoms with Crippen LogP contribution in [0.25, 0.3) is 21.7 Å². The fourth-order valence-corrected chi connectivity index (χ4v) is 3.13. The van der Waals surface area contributed by atoms with Gasteiger partial charge in [0.25, 0.3) is 5.91 Å². The molecule has 0 bridgehead atoms. The third-order valence-corrected chi connectivity index (χ3v) is 4.63. The molecule has 0 aliphatic heterocycles. The third-order valence-electron chi connectivity index (χ3n) is 3.25. The van der Waals surface area contributed by atoms with Gasteiger partial charge in [-0.1, -0.05) is 11.6 Å². The lowest BCUT2D eigenvalue weighted by molar-refractivity contribution is 0.0957. The summed E-state index contributed by atoms with van der Waals surface area (Å²) in [6.45, 7) is 1.08. The highest BCUT2D eigenvalue weighted by Gasteiger charge is 2.13. The highest BCUT2D eigenvalue weighted by molar-refractivity contribution is 7.17. The largest absolute Gasteiger partial charge is 0.351 e. The molecular weight excluding hydrogens is 339 g/mol. The molecule has 0 atom stereocenters. The fourth-order valence-electron chi connectivity index (χ4n) is 2.10. The molecule has 0 saturated heterocycles. The predicted octanol–water partition coefficient (Wildman–Crippen LogP) is 3.16. The van der Waals surface area contributed by atoms with E-state index in [0.29, 0.717) is 34.8 Å². The lowest BCUT2D eigenvalue weighted by Crippen LogP contribution is -2.25. The fraction of sp³-hybridized carbons (Fsp3) is 0.200. The van der Waals surface area contributed by atoms with Gasteiger partial charge >= 0.3 is 0 Å². The van der Waals surface area contributed by atoms with Gasteiger partial charge in [0.1, 0.15) is 11.6 Å². The van der Waals surface area contributed by atoms with Gasteiger partial charge in [0.2, 0.25) is 0 Å². The van der Waals surface area contributed by atoms with E-state index in [-0.39, 0.29) is 10.9 Å². The molecule has 0 spiro atoms. The molecule has 23 heavy (non-hydrogen) atoms. The zero-order chi connectivity index (χ0) is 16.4. The van der Waals surface area contributed by atoms with E-state index in [1.54, 1.807) is 12.1 Å². The second-order valence-corrected chi connectivity index (χ2v) is 6.42. The molecule has 120 valence electrons. The molecule has 0 fully saturated rings. The van der Waals surface area contributed by atoms with Gasteiger partial charge in [0, 0.05) is 12.6 Å². The molecule has 2 aromatic heterocycles. The molecule has 4 N–H and O–H groups in total. The molecule has 0 saturated carbocycles. The first-order valence-corrected chi connectivity index (χ1v) is 8.21. The smallest absolute Gasteiger partial charge is 0.261 e. The SMILES string of the molecule is NCCCNC(=O)c1ccc(-c2nc3cc(Cl)c(F)cc3[nH]2)s1. The maximum absolute atomic E-state index is 13.5. The average Bonchev–Trinajstić information content (AvgIpc) is 3.14. The normalized spacial score (nSPS) is 11.1. The van der Waals surface area contributed by atoms with Crippen molar-refractivity contribution in [3.8, 4) is 10.7 Å². The van der Waals surface area contributed by atoms with Gasteiger partial charge in [0.15, 0.2) is 0 Å². The van der Waals surface area contributed by atoms with Crippen molar-refractivity contribution < 1.29 is 9.18 Å². The molecule has 3 rings (SSSR count). The van der Waals surface area contributed by atoms with Crippen LogP contribution in [0.5, 0.6) is 0 Å². The number of carbonyl (C=O) groups excluding carboxylic acids is 1. The van der Waals surface area contributed by atoms with Gasteiger partial charge in [-0.25, -0.2) is 9.37 Å². The molecule has 0 aliphatic rings. The van der Waals surface area contributed by atoms with Crippen LogP contribution in [-0.2, 0) is 0 Å². The number of amides is 1. The van der Waals surface area contributed by atoms with Crippen LogP contribution in [0.4, 0.5) is 4.39 Å². The Morgan fingerprint density at radius 3 is 3.04 bits per heavy atom. The number of imidazole rings is 1. The van der Waals surface area contributed by atoms with E-state index in [9.17, 15) is 9.18 Å². The summed E-state index contributed by atoms with van der Waals surface area (Å²) in [7, 11) is 0. The summed E-state index contributed by atoms with van der Waals surface area (Å²) in [6, 6.07) is 6.32. The molecule has 0 aliphatic carbocycles. The quantitative estimate of drug-likeness (QED) is 0.617. The Morgan fingerprint density at radius 1 is 1.43 bits per heavy atom. The number of fused-ring (bicyclic) bond motifs is 1. The van der Waals surface area contributed by atoms with Crippen molar-refractivity contribution in [3.63, 3.8) is 0 Å². The third kappa shape index (κ3) is 3.36. The number of nitrogens with two attached hydrogens (primary N) is 1. The van der Waals surface area contributed by atoms with Crippen molar-refractivity contribution in [1.29, 1.82) is 0 Å². The monoisotopic (exact) mass is 352 g/mol. The summed E-state index contributed by atoms with van der Waals surface area (Å²) in [5, 5.41) is 2.83. The Balaban J connectivity index is 1.84. The van der Waals surface area contributed by atoms with Gasteiger partial charge in [-0.15, -0.1) is 11.3 Å². The summed E-state index contributed by atoms with van der Waals surface area (Å²) >= 11 is 7.07. The van der Waals surface area contributed by atoms with Gasteiger partial charge in [-0.3, -0.25) is 4.79 Å². The van der Waals surface area contributed by atoms with Crippen LogP contribution in [0, 0.1) is 5.82 Å². The number of benzene rings is 1. The maximum Gasteiger partial charge on any atom is 0.261 e. The van der Waals surface area contributed by atoms with E-state index in [1.807, 2.05) is 0 Å². The second-order valence-electron chi connectivity index (χ2n) is 4.93. The van der Waals surface area contributed by atoms with Crippen LogP contribution in [0.3, 0.4) is 0 Å². The molecule has 1 aromatic carbocycles. The number of carbonyl (C=O) groups is 1. The van der Waals surface area contributed by atoms with Gasteiger partial charge in [-0.2, -0.15) is 0 Å². The topological polar surface area (TPSA) is 83.8 Å². The Kier molecular flexibility index (Phi) is 4.61. The summed E-state index contributed by atoms with van der Waals surface area (Å²) < 4.78 is 13.5. The summed E-state index contributed by atoms with van der Waals surface area (Å²) in [6.07, 6.45) is 0.736. The molecule has 3 aromatic rings. The van der Waals surface area contributed by atoms with E-state index >= 15 is 0 Å². The minimum absolute atomic E-state index is 0.0294. The van der Waals surface area contributed by atoms with Gasteiger partial charge in [-0.05, 0) is 31.2 Å². The van der Waals surface area contributed by atoms with Crippen molar-refractivity contribution in [1.82, 2.24) is 15.3 Å². The average molecular weight is 353 g/mol. The Labute approximate surface area is 140 Å². The van der Waals surface area contributed by atoms with Crippen molar-refractivity contribution in [2.24, 2.45) is 5.73 Å². The lowest BCUT2D eigenvalue weighted by Gasteiger charge is -2.00. The zero-order valence-electron chi connectivity index (χ0n) is 12.0. The van der Waals surface area contributed by atoms with E-state index in [1.165, 1.54) is 23.5 Å². The highest BCUT2D eigenvalue weighted by Crippen LogP contribution is 2.29. The zero-order valence-corrected chi connectivity index (χ0v) is 13.6. The number of thiophene rings is 1. The Morgan fingerprint density at radius 2 is 2.26 bits per heavy atom. The molecule has 5 nitrogen and oxygen atoms in total. The summed E-state index contributed by atoms with van der Waals surface area (Å²) in [5.41, 5.74) is 6.53. The molecule has 0 radical (unpaired) electrons. The van der Waals surface area contributed by atoms with Gasteiger partial charge in [0.05, 0.1) is 25.8 Å². The molecule has 0 unspecified atom stereocenters. The van der Waals surface area contributed by atoms with Crippen LogP contribution in [0.15, 0.2) is 24.3 Å². The maximum atomic E-state index is 13.5. The number of rotatable bonds is 5. The predicted molar refractivity (Wildman–Crippen MR) is 90.4 cm³/mol. The number of hydrogen-bond donors (Lipinski definition) is 3. The molecule has 8 heteroatoms. The molecule has 2 heterocycles. The van der Waals surface area contributed by atoms with E-state index in [2.05, 4.69) is 15.3 Å². The van der Waals surface area contributed by atoms with Crippen LogP contribution >= 0.6 is 22.9 Å². The summed E-state index contributed by atoms with van der Waals surface area (Å²) in [5.74, 6) is -0.0620. The van der Waals surface area contributed by atoms with Crippen molar-refractivity contribution >= 4 is 39.9 Å². The summed E-state index contributed by atoms with van der Waals surface area (Å²) in [4.78, 5) is 20.8. The van der Waals surface area contributed by atoms with Crippen molar-refractivity contribution in [2.75, 3.05) is 13.1 Å². The van der Waals surface area contributed by atoms with Crippen molar-refractivity contribution in [2.45, 2.75) is 6.42 Å². The van der Waals surface area contributed by atoms with Crippen LogP contribution in [-0.4, -0.2) is 29.0 Å². The first-order valence-electron chi connectivity index (χ1n) is 7.01. The van der Waals surface area contributed by atoms with Crippen molar-refractivity contribution in [3.05, 3.63) is 40.0 Å². The van der Waals surface area contributed by atoms with E-state index < -0.39 is 5.82 Å². The Hall–Kier alpha value is -1.96. The Bertz CT molecular complexity index is 821. The first-order chi connectivity index (χ1) is 11.1. The molecular formula is C15H14ClFN4OS. The van der Waals surface area contributed by atoms with Gasteiger partial charge < -0.3 is 16.0 Å². The lowest BCUT2D eigenvalue weighted by atomic mass is 10.3. The number of aromatic nitrogens is 2. The minimum Gasteiger partial charge on any atom is -0.351 e. The van der Waals surface area contributed by atoms with E-state index in [0.717, 1.165) is 11.3 Å². The molecule has 1 amide bonds. The first kappa shape index (κ1) is 15.9. The number of aromatic amines is 1. The van der Waals surface area contributed by atoms with E-state index in [4.69, 9.17) is 17.3 Å². The number of hydrogen-bond acceptors (Lipinski definition) is 4. The number of halogens is 2. The number of nitrogens with one attached hydrogen (secondary N) is 2. The van der Waals surface area contributed by atoms with Crippen LogP contribution in [0.1, 0.15) is 16.1 Å². The number of H-pyrrole nitrogens is 1. The number of nitrogens with zero attached hydrogens (tertiary/aromatic N) is 1. The standard InChI is InChI=1S/C15H14ClFN4OS/c16-8-6-10-11(7-9(8)17)21-14(20-10)12-2-3-13(23-12)15(22)19-5-1-4-18/h2-3,6-7H,1,4-5,18H2,(H,19,22)(H,20,21). The van der Waals surface area contributed by atoms with Crippen LogP contribution < -0.4 is 11.1 Å². The second kappa shape index (κ2) is 6.66. The highest BCUT2D eigenvalue weighted by atomic mass is 35.5. The minimum atomic E-state index is -0.500. The van der Waals surface area contributed by atoms with Crippen LogP contribution in [0.2, 0.25) is 5.02 Å².